The summed E-state index contributed by atoms with van der Waals surface area (Å²) in [6.45, 7) is 13.6. The average molecular weight is 242 g/mol. The van der Waals surface area contributed by atoms with Gasteiger partial charge in [-0.2, -0.15) is 0 Å². The van der Waals surface area contributed by atoms with E-state index in [0.717, 1.165) is 12.8 Å². The number of carbonyl (C=O) groups is 1. The molecule has 0 aliphatic heterocycles. The third kappa shape index (κ3) is 8.19. The molecule has 0 fully saturated rings. The zero-order valence-corrected chi connectivity index (χ0v) is 12.3. The summed E-state index contributed by atoms with van der Waals surface area (Å²) in [4.78, 5) is 11.8. The molecule has 0 aliphatic carbocycles. The molecule has 1 atom stereocenters. The minimum atomic E-state index is -0.371. The smallest absolute Gasteiger partial charge is 0.236 e. The van der Waals surface area contributed by atoms with E-state index in [-0.39, 0.29) is 17.4 Å². The van der Waals surface area contributed by atoms with E-state index in [1.165, 1.54) is 0 Å². The molecule has 3 nitrogen and oxygen atoms in total. The number of hydrogen-bond acceptors (Lipinski definition) is 2. The van der Waals surface area contributed by atoms with Gasteiger partial charge in [-0.3, -0.25) is 4.79 Å². The lowest BCUT2D eigenvalue weighted by Crippen LogP contribution is -2.44. The first-order valence-corrected chi connectivity index (χ1v) is 6.67. The summed E-state index contributed by atoms with van der Waals surface area (Å²) in [7, 11) is 0. The maximum atomic E-state index is 11.8. The SMILES string of the molecule is CC(C)C[C@H](N)C(=O)NCC(C)(C)CC(C)C. The van der Waals surface area contributed by atoms with Gasteiger partial charge in [0, 0.05) is 6.54 Å². The van der Waals surface area contributed by atoms with Crippen molar-refractivity contribution >= 4 is 5.91 Å². The van der Waals surface area contributed by atoms with Gasteiger partial charge in [0.25, 0.3) is 0 Å². The Balaban J connectivity index is 4.06. The van der Waals surface area contributed by atoms with Gasteiger partial charge >= 0.3 is 0 Å². The first-order chi connectivity index (χ1) is 7.64. The topological polar surface area (TPSA) is 55.1 Å². The second kappa shape index (κ2) is 7.00. The van der Waals surface area contributed by atoms with Gasteiger partial charge < -0.3 is 11.1 Å². The third-order valence-corrected chi connectivity index (χ3v) is 2.76. The maximum absolute atomic E-state index is 11.8. The van der Waals surface area contributed by atoms with Gasteiger partial charge in [0.05, 0.1) is 6.04 Å². The number of amides is 1. The van der Waals surface area contributed by atoms with E-state index in [2.05, 4.69) is 46.9 Å². The van der Waals surface area contributed by atoms with Crippen LogP contribution in [0, 0.1) is 17.3 Å². The summed E-state index contributed by atoms with van der Waals surface area (Å²) in [5.41, 5.74) is 5.98. The normalized spacial score (nSPS) is 14.2. The fourth-order valence-corrected chi connectivity index (χ4v) is 2.25. The minimum Gasteiger partial charge on any atom is -0.354 e. The van der Waals surface area contributed by atoms with E-state index in [1.54, 1.807) is 0 Å². The molecule has 0 unspecified atom stereocenters. The molecule has 0 radical (unpaired) electrons. The van der Waals surface area contributed by atoms with E-state index < -0.39 is 0 Å². The number of hydrogen-bond donors (Lipinski definition) is 2. The number of nitrogens with one attached hydrogen (secondary N) is 1. The van der Waals surface area contributed by atoms with Crippen LogP contribution in [0.15, 0.2) is 0 Å². The molecule has 1 amide bonds. The molecule has 0 saturated carbocycles. The second-order valence-electron chi connectivity index (χ2n) is 6.72. The Hall–Kier alpha value is -0.570. The summed E-state index contributed by atoms with van der Waals surface area (Å²) in [5.74, 6) is 1.08. The van der Waals surface area contributed by atoms with Crippen LogP contribution in [0.2, 0.25) is 0 Å². The summed E-state index contributed by atoms with van der Waals surface area (Å²) in [6.07, 6.45) is 1.85. The van der Waals surface area contributed by atoms with Gasteiger partial charge in [-0.05, 0) is 30.1 Å². The molecule has 0 aromatic heterocycles. The first kappa shape index (κ1) is 16.4. The van der Waals surface area contributed by atoms with Crippen LogP contribution in [0.4, 0.5) is 0 Å². The molecule has 0 bridgehead atoms. The highest BCUT2D eigenvalue weighted by Gasteiger charge is 2.22. The zero-order chi connectivity index (χ0) is 13.6. The highest BCUT2D eigenvalue weighted by Crippen LogP contribution is 2.24. The van der Waals surface area contributed by atoms with Crippen molar-refractivity contribution in [1.29, 1.82) is 0 Å². The van der Waals surface area contributed by atoms with Crippen LogP contribution in [0.5, 0.6) is 0 Å². The highest BCUT2D eigenvalue weighted by molar-refractivity contribution is 5.81. The summed E-state index contributed by atoms with van der Waals surface area (Å²) < 4.78 is 0. The predicted octanol–water partition coefficient (Wildman–Crippen LogP) is 2.55. The van der Waals surface area contributed by atoms with Crippen LogP contribution in [-0.2, 0) is 4.79 Å². The second-order valence-corrected chi connectivity index (χ2v) is 6.72. The molecule has 0 heterocycles. The fourth-order valence-electron chi connectivity index (χ4n) is 2.25. The minimum absolute atomic E-state index is 0.0180. The fraction of sp³-hybridized carbons (Fsp3) is 0.929. The van der Waals surface area contributed by atoms with Crippen LogP contribution in [0.25, 0.3) is 0 Å². The van der Waals surface area contributed by atoms with Crippen molar-refractivity contribution in [3.8, 4) is 0 Å². The van der Waals surface area contributed by atoms with E-state index >= 15 is 0 Å². The van der Waals surface area contributed by atoms with E-state index in [9.17, 15) is 4.79 Å². The molecule has 3 N–H and O–H groups in total. The summed E-state index contributed by atoms with van der Waals surface area (Å²) in [6, 6.07) is -0.371. The lowest BCUT2D eigenvalue weighted by atomic mass is 9.84. The molecule has 17 heavy (non-hydrogen) atoms. The molecular formula is C14H30N2O. The lowest BCUT2D eigenvalue weighted by molar-refractivity contribution is -0.123. The van der Waals surface area contributed by atoms with E-state index in [4.69, 9.17) is 5.73 Å². The largest absolute Gasteiger partial charge is 0.354 e. The van der Waals surface area contributed by atoms with Crippen LogP contribution < -0.4 is 11.1 Å². The van der Waals surface area contributed by atoms with Crippen LogP contribution in [0.3, 0.4) is 0 Å². The number of rotatable bonds is 7. The zero-order valence-electron chi connectivity index (χ0n) is 12.3. The van der Waals surface area contributed by atoms with Crippen LogP contribution >= 0.6 is 0 Å². The van der Waals surface area contributed by atoms with Crippen LogP contribution in [0.1, 0.15) is 54.4 Å². The molecule has 0 rings (SSSR count). The average Bonchev–Trinajstić information content (AvgIpc) is 2.11. The summed E-state index contributed by atoms with van der Waals surface area (Å²) in [5, 5.41) is 2.97. The first-order valence-electron chi connectivity index (χ1n) is 6.67. The van der Waals surface area contributed by atoms with Crippen molar-refractivity contribution in [2.24, 2.45) is 23.0 Å². The van der Waals surface area contributed by atoms with E-state index in [1.807, 2.05) is 0 Å². The third-order valence-electron chi connectivity index (χ3n) is 2.76. The van der Waals surface area contributed by atoms with Crippen molar-refractivity contribution in [2.45, 2.75) is 60.4 Å². The van der Waals surface area contributed by atoms with Gasteiger partial charge in [-0.1, -0.05) is 41.5 Å². The van der Waals surface area contributed by atoms with Crippen molar-refractivity contribution in [3.05, 3.63) is 0 Å². The van der Waals surface area contributed by atoms with Crippen LogP contribution in [-0.4, -0.2) is 18.5 Å². The number of carbonyl (C=O) groups excluding carboxylic acids is 1. The molecule has 0 aromatic rings. The molecular weight excluding hydrogens is 212 g/mol. The Labute approximate surface area is 107 Å². The Morgan fingerprint density at radius 2 is 1.71 bits per heavy atom. The molecule has 3 heteroatoms. The Morgan fingerprint density at radius 1 is 1.18 bits per heavy atom. The Morgan fingerprint density at radius 3 is 2.12 bits per heavy atom. The monoisotopic (exact) mass is 242 g/mol. The molecule has 0 aliphatic rings. The highest BCUT2D eigenvalue weighted by atomic mass is 16.2. The standard InChI is InChI=1S/C14H30N2O/c1-10(2)7-12(15)13(17)16-9-14(5,6)8-11(3)4/h10-12H,7-9,15H2,1-6H3,(H,16,17)/t12-/m0/s1. The summed E-state index contributed by atoms with van der Waals surface area (Å²) >= 11 is 0. The van der Waals surface area contributed by atoms with Crippen molar-refractivity contribution in [3.63, 3.8) is 0 Å². The predicted molar refractivity (Wildman–Crippen MR) is 73.7 cm³/mol. The quantitative estimate of drug-likeness (QED) is 0.721. The van der Waals surface area contributed by atoms with Crippen molar-refractivity contribution in [1.82, 2.24) is 5.32 Å². The molecule has 0 spiro atoms. The van der Waals surface area contributed by atoms with Gasteiger partial charge in [-0.15, -0.1) is 0 Å². The Kier molecular flexibility index (Phi) is 6.76. The maximum Gasteiger partial charge on any atom is 0.236 e. The van der Waals surface area contributed by atoms with Crippen molar-refractivity contribution in [2.75, 3.05) is 6.54 Å². The van der Waals surface area contributed by atoms with Gasteiger partial charge in [0.15, 0.2) is 0 Å². The molecule has 102 valence electrons. The van der Waals surface area contributed by atoms with E-state index in [0.29, 0.717) is 18.4 Å². The molecule has 0 saturated heterocycles. The van der Waals surface area contributed by atoms with Gasteiger partial charge in [-0.25, -0.2) is 0 Å². The molecule has 0 aromatic carbocycles. The van der Waals surface area contributed by atoms with Gasteiger partial charge in [0.2, 0.25) is 5.91 Å². The van der Waals surface area contributed by atoms with Crippen molar-refractivity contribution < 1.29 is 4.79 Å². The van der Waals surface area contributed by atoms with Gasteiger partial charge in [0.1, 0.15) is 0 Å². The Bertz CT molecular complexity index is 234. The lowest BCUT2D eigenvalue weighted by Gasteiger charge is -2.27. The number of nitrogens with two attached hydrogens (primary N) is 1.